The number of aliphatic hydroxyl groups is 1. The first-order chi connectivity index (χ1) is 11.1. The molecule has 1 aliphatic heterocycles. The van der Waals surface area contributed by atoms with Crippen molar-refractivity contribution in [2.75, 3.05) is 13.7 Å². The van der Waals surface area contributed by atoms with E-state index >= 15 is 0 Å². The van der Waals surface area contributed by atoms with Crippen molar-refractivity contribution < 1.29 is 9.84 Å². The van der Waals surface area contributed by atoms with E-state index in [1.54, 1.807) is 19.5 Å². The zero-order chi connectivity index (χ0) is 16.3. The lowest BCUT2D eigenvalue weighted by Gasteiger charge is -2.36. The summed E-state index contributed by atoms with van der Waals surface area (Å²) in [5, 5.41) is 11.2. The smallest absolute Gasteiger partial charge is 0.142 e. The summed E-state index contributed by atoms with van der Waals surface area (Å²) in [6, 6.07) is 9.54. The highest BCUT2D eigenvalue weighted by atomic mass is 16.5. The van der Waals surface area contributed by atoms with Crippen molar-refractivity contribution >= 4 is 0 Å². The van der Waals surface area contributed by atoms with E-state index in [1.807, 2.05) is 37.3 Å². The molecule has 5 heteroatoms. The highest BCUT2D eigenvalue weighted by Crippen LogP contribution is 2.35. The molecule has 1 aromatic heterocycles. The van der Waals surface area contributed by atoms with Crippen LogP contribution in [0.3, 0.4) is 0 Å². The molecule has 23 heavy (non-hydrogen) atoms. The molecular weight excluding hydrogens is 290 g/mol. The second-order valence-electron chi connectivity index (χ2n) is 6.17. The maximum atomic E-state index is 11.2. The first-order valence-electron chi connectivity index (χ1n) is 7.98. The standard InChI is InChI=1S/C18H23N3O2/c1-18(22,14-6-8-15(23-2)9-7-14)16-5-3-12-21(16)13-17-19-10-4-11-20-17/h4,6-11,16,22H,3,5,12-13H2,1-2H3/t16-,18+/m1/s1. The number of hydrogen-bond donors (Lipinski definition) is 1. The fourth-order valence-electron chi connectivity index (χ4n) is 3.37. The largest absolute Gasteiger partial charge is 0.497 e. The van der Waals surface area contributed by atoms with Gasteiger partial charge in [0, 0.05) is 18.4 Å². The fourth-order valence-corrected chi connectivity index (χ4v) is 3.37. The third kappa shape index (κ3) is 3.35. The van der Waals surface area contributed by atoms with Crippen LogP contribution in [0.4, 0.5) is 0 Å². The minimum atomic E-state index is -0.919. The van der Waals surface area contributed by atoms with Gasteiger partial charge in [0.2, 0.25) is 0 Å². The van der Waals surface area contributed by atoms with Gasteiger partial charge >= 0.3 is 0 Å². The highest BCUT2D eigenvalue weighted by molar-refractivity contribution is 5.31. The summed E-state index contributed by atoms with van der Waals surface area (Å²) in [6.07, 6.45) is 5.56. The first-order valence-corrected chi connectivity index (χ1v) is 7.98. The van der Waals surface area contributed by atoms with Gasteiger partial charge in [-0.15, -0.1) is 0 Å². The van der Waals surface area contributed by atoms with Crippen LogP contribution in [-0.4, -0.2) is 39.7 Å². The van der Waals surface area contributed by atoms with Crippen LogP contribution >= 0.6 is 0 Å². The average molecular weight is 313 g/mol. The zero-order valence-electron chi connectivity index (χ0n) is 13.6. The van der Waals surface area contributed by atoms with Crippen LogP contribution in [0.5, 0.6) is 5.75 Å². The summed E-state index contributed by atoms with van der Waals surface area (Å²) in [5.41, 5.74) is -0.0124. The number of nitrogens with zero attached hydrogens (tertiary/aromatic N) is 3. The average Bonchev–Trinajstić information content (AvgIpc) is 3.05. The Balaban J connectivity index is 1.79. The molecule has 3 rings (SSSR count). The predicted molar refractivity (Wildman–Crippen MR) is 88.0 cm³/mol. The van der Waals surface area contributed by atoms with Gasteiger partial charge < -0.3 is 9.84 Å². The van der Waals surface area contributed by atoms with Gasteiger partial charge in [0.25, 0.3) is 0 Å². The van der Waals surface area contributed by atoms with E-state index in [4.69, 9.17) is 4.74 Å². The van der Waals surface area contributed by atoms with Crippen molar-refractivity contribution in [3.05, 3.63) is 54.1 Å². The molecule has 1 aromatic carbocycles. The maximum absolute atomic E-state index is 11.2. The molecule has 2 atom stereocenters. The number of hydrogen-bond acceptors (Lipinski definition) is 5. The van der Waals surface area contributed by atoms with Crippen LogP contribution in [0.25, 0.3) is 0 Å². The molecule has 2 heterocycles. The lowest BCUT2D eigenvalue weighted by Crippen LogP contribution is -2.45. The molecule has 5 nitrogen and oxygen atoms in total. The Kier molecular flexibility index (Phi) is 4.59. The SMILES string of the molecule is COc1ccc([C@](C)(O)[C@H]2CCCN2Cc2ncccn2)cc1. The van der Waals surface area contributed by atoms with Gasteiger partial charge in [0.15, 0.2) is 0 Å². The maximum Gasteiger partial charge on any atom is 0.142 e. The molecule has 2 aromatic rings. The molecule has 1 saturated heterocycles. The van der Waals surface area contributed by atoms with Gasteiger partial charge in [0.05, 0.1) is 13.7 Å². The van der Waals surface area contributed by atoms with E-state index in [1.165, 1.54) is 0 Å². The normalized spacial score (nSPS) is 21.1. The second kappa shape index (κ2) is 6.64. The van der Waals surface area contributed by atoms with E-state index < -0.39 is 5.60 Å². The van der Waals surface area contributed by atoms with Crippen molar-refractivity contribution in [3.63, 3.8) is 0 Å². The second-order valence-corrected chi connectivity index (χ2v) is 6.17. The van der Waals surface area contributed by atoms with Gasteiger partial charge in [0.1, 0.15) is 17.2 Å². The topological polar surface area (TPSA) is 58.5 Å². The molecule has 0 bridgehead atoms. The third-order valence-corrected chi connectivity index (χ3v) is 4.65. The van der Waals surface area contributed by atoms with E-state index in [0.717, 1.165) is 36.5 Å². The van der Waals surface area contributed by atoms with Crippen molar-refractivity contribution in [3.8, 4) is 5.75 Å². The number of ether oxygens (including phenoxy) is 1. The minimum absolute atomic E-state index is 0.0553. The first kappa shape index (κ1) is 15.9. The van der Waals surface area contributed by atoms with Crippen molar-refractivity contribution in [1.82, 2.24) is 14.9 Å². The molecule has 122 valence electrons. The molecule has 0 amide bonds. The van der Waals surface area contributed by atoms with Crippen LogP contribution in [0.1, 0.15) is 31.2 Å². The van der Waals surface area contributed by atoms with Gasteiger partial charge in [-0.25, -0.2) is 9.97 Å². The molecule has 0 radical (unpaired) electrons. The summed E-state index contributed by atoms with van der Waals surface area (Å²) in [4.78, 5) is 10.9. The zero-order valence-corrected chi connectivity index (χ0v) is 13.6. The summed E-state index contributed by atoms with van der Waals surface area (Å²) in [6.45, 7) is 3.51. The van der Waals surface area contributed by atoms with Crippen LogP contribution in [0, 0.1) is 0 Å². The molecule has 1 aliphatic rings. The molecule has 1 N–H and O–H groups in total. The number of rotatable bonds is 5. The summed E-state index contributed by atoms with van der Waals surface area (Å²) < 4.78 is 5.20. The number of methoxy groups -OCH3 is 1. The summed E-state index contributed by atoms with van der Waals surface area (Å²) in [5.74, 6) is 1.59. The van der Waals surface area contributed by atoms with Crippen LogP contribution < -0.4 is 4.74 Å². The lowest BCUT2D eigenvalue weighted by atomic mass is 9.86. The summed E-state index contributed by atoms with van der Waals surface area (Å²) in [7, 11) is 1.64. The van der Waals surface area contributed by atoms with Gasteiger partial charge in [-0.05, 0) is 50.1 Å². The molecule has 0 saturated carbocycles. The number of likely N-dealkylation sites (tertiary alicyclic amines) is 1. The molecule has 0 unspecified atom stereocenters. The Morgan fingerprint density at radius 2 is 1.96 bits per heavy atom. The Morgan fingerprint density at radius 3 is 2.61 bits per heavy atom. The van der Waals surface area contributed by atoms with Crippen LogP contribution in [0.2, 0.25) is 0 Å². The van der Waals surface area contributed by atoms with E-state index in [9.17, 15) is 5.11 Å². The lowest BCUT2D eigenvalue weighted by molar-refractivity contribution is -0.0261. The van der Waals surface area contributed by atoms with E-state index in [2.05, 4.69) is 14.9 Å². The molecule has 0 aliphatic carbocycles. The van der Waals surface area contributed by atoms with Crippen LogP contribution in [-0.2, 0) is 12.1 Å². The van der Waals surface area contributed by atoms with Crippen LogP contribution in [0.15, 0.2) is 42.7 Å². The van der Waals surface area contributed by atoms with Gasteiger partial charge in [-0.3, -0.25) is 4.90 Å². The monoisotopic (exact) mass is 313 g/mol. The predicted octanol–water partition coefficient (Wildman–Crippen LogP) is 2.36. The quantitative estimate of drug-likeness (QED) is 0.918. The van der Waals surface area contributed by atoms with E-state index in [-0.39, 0.29) is 6.04 Å². The van der Waals surface area contributed by atoms with Gasteiger partial charge in [-0.2, -0.15) is 0 Å². The Bertz CT molecular complexity index is 628. The Labute approximate surface area is 137 Å². The Morgan fingerprint density at radius 1 is 1.26 bits per heavy atom. The Hall–Kier alpha value is -1.98. The third-order valence-electron chi connectivity index (χ3n) is 4.65. The molecule has 1 fully saturated rings. The number of benzene rings is 1. The highest BCUT2D eigenvalue weighted by Gasteiger charge is 2.40. The van der Waals surface area contributed by atoms with Crippen molar-refractivity contribution in [2.45, 2.75) is 38.0 Å². The number of aromatic nitrogens is 2. The fraction of sp³-hybridized carbons (Fsp3) is 0.444. The van der Waals surface area contributed by atoms with Crippen molar-refractivity contribution in [2.24, 2.45) is 0 Å². The molecular formula is C18H23N3O2. The molecule has 0 spiro atoms. The van der Waals surface area contributed by atoms with E-state index in [0.29, 0.717) is 6.54 Å². The summed E-state index contributed by atoms with van der Waals surface area (Å²) >= 11 is 0. The van der Waals surface area contributed by atoms with Crippen molar-refractivity contribution in [1.29, 1.82) is 0 Å². The minimum Gasteiger partial charge on any atom is -0.497 e. The van der Waals surface area contributed by atoms with Gasteiger partial charge in [-0.1, -0.05) is 12.1 Å².